The third kappa shape index (κ3) is 8.61. The molecular weight excluding hydrogens is 533 g/mol. The van der Waals surface area contributed by atoms with E-state index in [0.29, 0.717) is 12.5 Å². The lowest BCUT2D eigenvalue weighted by molar-refractivity contribution is -0.128. The molecule has 0 spiro atoms. The number of hydrogen-bond donors (Lipinski definition) is 1. The predicted octanol–water partition coefficient (Wildman–Crippen LogP) is 3.78. The second-order valence-electron chi connectivity index (χ2n) is 7.78. The summed E-state index contributed by atoms with van der Waals surface area (Å²) in [5, 5.41) is 3.36. The van der Waals surface area contributed by atoms with Crippen LogP contribution in [0.25, 0.3) is 0 Å². The summed E-state index contributed by atoms with van der Waals surface area (Å²) < 4.78 is 0. The smallest absolute Gasteiger partial charge is 0.244 e. The van der Waals surface area contributed by atoms with Crippen LogP contribution in [0.4, 0.5) is 0 Å². The highest BCUT2D eigenvalue weighted by Crippen LogP contribution is 2.25. The van der Waals surface area contributed by atoms with E-state index in [0.717, 1.165) is 49.9 Å². The molecule has 1 saturated heterocycles. The highest BCUT2D eigenvalue weighted by Gasteiger charge is 2.25. The molecule has 1 fully saturated rings. The number of benzene rings is 1. The van der Waals surface area contributed by atoms with Crippen LogP contribution in [0.3, 0.4) is 0 Å². The molecule has 0 aliphatic carbocycles. The highest BCUT2D eigenvalue weighted by molar-refractivity contribution is 14.0. The predicted molar refractivity (Wildman–Crippen MR) is 144 cm³/mol. The molecule has 1 N–H and O–H groups in total. The average molecular weight is 568 g/mol. The fourth-order valence-electron chi connectivity index (χ4n) is 3.53. The van der Waals surface area contributed by atoms with Crippen LogP contribution in [-0.4, -0.2) is 72.2 Å². The number of carbonyl (C=O) groups excluding carboxylic acids is 1. The summed E-state index contributed by atoms with van der Waals surface area (Å²) in [6, 6.07) is 16.4. The number of carbonyl (C=O) groups is 1. The van der Waals surface area contributed by atoms with Crippen LogP contribution in [0.15, 0.2) is 64.6 Å². The Hall–Kier alpha value is -1.81. The zero-order valence-corrected chi connectivity index (χ0v) is 22.1. The molecule has 1 amide bonds. The van der Waals surface area contributed by atoms with Crippen LogP contribution in [-0.2, 0) is 11.2 Å². The summed E-state index contributed by atoms with van der Waals surface area (Å²) >= 11 is 1.92. The van der Waals surface area contributed by atoms with Gasteiger partial charge >= 0.3 is 0 Å². The summed E-state index contributed by atoms with van der Waals surface area (Å²) in [5.74, 6) is 2.61. The lowest BCUT2D eigenvalue weighted by Gasteiger charge is -2.22. The summed E-state index contributed by atoms with van der Waals surface area (Å²) in [4.78, 5) is 26.9. The largest absolute Gasteiger partial charge is 0.357 e. The SMILES string of the molecule is CCNC(=NCC(=O)N(C)CCc1ccccn1)N1CCC(CSc2ccccc2)C1.I. The molecule has 1 aliphatic rings. The van der Waals surface area contributed by atoms with Crippen LogP contribution < -0.4 is 5.32 Å². The number of thioether (sulfide) groups is 1. The standard InChI is InChI=1S/C24H33N5OS.HI/c1-3-25-24(27-17-23(30)28(2)15-13-21-9-7-8-14-26-21)29-16-12-20(18-29)19-31-22-10-5-4-6-11-22;/h4-11,14,20H,3,12-13,15-19H2,1-2H3,(H,25,27);1H. The van der Waals surface area contributed by atoms with Crippen LogP contribution >= 0.6 is 35.7 Å². The van der Waals surface area contributed by atoms with Gasteiger partial charge in [-0.1, -0.05) is 24.3 Å². The van der Waals surface area contributed by atoms with Crippen molar-refractivity contribution in [2.75, 3.05) is 45.5 Å². The monoisotopic (exact) mass is 567 g/mol. The Kier molecular flexibility index (Phi) is 11.9. The average Bonchev–Trinajstić information content (AvgIpc) is 3.29. The van der Waals surface area contributed by atoms with Gasteiger partial charge in [0.15, 0.2) is 5.96 Å². The summed E-state index contributed by atoms with van der Waals surface area (Å²) in [6.07, 6.45) is 3.69. The topological polar surface area (TPSA) is 60.8 Å². The van der Waals surface area contributed by atoms with E-state index in [9.17, 15) is 4.79 Å². The Morgan fingerprint density at radius 2 is 2.03 bits per heavy atom. The molecule has 1 unspecified atom stereocenters. The normalized spacial score (nSPS) is 15.9. The molecule has 32 heavy (non-hydrogen) atoms. The minimum absolute atomic E-state index is 0. The van der Waals surface area contributed by atoms with Gasteiger partial charge in [-0.2, -0.15) is 0 Å². The molecule has 8 heteroatoms. The maximum Gasteiger partial charge on any atom is 0.244 e. The van der Waals surface area contributed by atoms with Crippen molar-refractivity contribution in [1.29, 1.82) is 0 Å². The second kappa shape index (κ2) is 14.4. The van der Waals surface area contributed by atoms with E-state index in [4.69, 9.17) is 0 Å². The van der Waals surface area contributed by atoms with Crippen molar-refractivity contribution in [3.8, 4) is 0 Å². The third-order valence-electron chi connectivity index (χ3n) is 5.37. The van der Waals surface area contributed by atoms with Gasteiger partial charge in [0.2, 0.25) is 5.91 Å². The van der Waals surface area contributed by atoms with E-state index in [-0.39, 0.29) is 36.4 Å². The Morgan fingerprint density at radius 1 is 1.25 bits per heavy atom. The molecule has 3 rings (SSSR count). The number of rotatable bonds is 9. The zero-order valence-electron chi connectivity index (χ0n) is 18.9. The van der Waals surface area contributed by atoms with Crippen molar-refractivity contribution in [3.63, 3.8) is 0 Å². The van der Waals surface area contributed by atoms with Crippen molar-refractivity contribution >= 4 is 47.6 Å². The van der Waals surface area contributed by atoms with Crippen LogP contribution in [0, 0.1) is 5.92 Å². The molecule has 0 saturated carbocycles. The highest BCUT2D eigenvalue weighted by atomic mass is 127. The van der Waals surface area contributed by atoms with E-state index in [1.165, 1.54) is 4.90 Å². The quantitative estimate of drug-likeness (QED) is 0.216. The number of nitrogens with zero attached hydrogens (tertiary/aromatic N) is 4. The number of guanidine groups is 1. The number of likely N-dealkylation sites (N-methyl/N-ethyl adjacent to an activating group) is 1. The number of hydrogen-bond acceptors (Lipinski definition) is 4. The van der Waals surface area contributed by atoms with Gasteiger partial charge in [-0.15, -0.1) is 35.7 Å². The Balaban J connectivity index is 0.00000363. The minimum Gasteiger partial charge on any atom is -0.357 e. The molecule has 0 radical (unpaired) electrons. The molecule has 0 bridgehead atoms. The first kappa shape index (κ1) is 26.4. The molecule has 2 heterocycles. The Morgan fingerprint density at radius 3 is 2.75 bits per heavy atom. The number of aromatic nitrogens is 1. The number of nitrogens with one attached hydrogen (secondary N) is 1. The van der Waals surface area contributed by atoms with E-state index in [2.05, 4.69) is 57.4 Å². The Labute approximate surface area is 213 Å². The van der Waals surface area contributed by atoms with Crippen LogP contribution in [0.2, 0.25) is 0 Å². The molecule has 174 valence electrons. The molecule has 1 aliphatic heterocycles. The Bertz CT molecular complexity index is 837. The molecule has 1 aromatic heterocycles. The van der Waals surface area contributed by atoms with Gasteiger partial charge in [0, 0.05) is 62.2 Å². The van der Waals surface area contributed by atoms with E-state index in [1.54, 1.807) is 11.1 Å². The molecule has 1 atom stereocenters. The maximum atomic E-state index is 12.6. The van der Waals surface area contributed by atoms with Crippen molar-refractivity contribution in [2.45, 2.75) is 24.7 Å². The summed E-state index contributed by atoms with van der Waals surface area (Å²) in [7, 11) is 1.83. The first-order chi connectivity index (χ1) is 15.2. The fourth-order valence-corrected chi connectivity index (χ4v) is 4.58. The number of halogens is 1. The van der Waals surface area contributed by atoms with Crippen molar-refractivity contribution < 1.29 is 4.79 Å². The number of pyridine rings is 1. The van der Waals surface area contributed by atoms with Gasteiger partial charge in [-0.3, -0.25) is 9.78 Å². The van der Waals surface area contributed by atoms with Crippen molar-refractivity contribution in [2.24, 2.45) is 10.9 Å². The first-order valence-corrected chi connectivity index (χ1v) is 12.0. The van der Waals surface area contributed by atoms with Gasteiger partial charge in [0.25, 0.3) is 0 Å². The molecule has 6 nitrogen and oxygen atoms in total. The van der Waals surface area contributed by atoms with Crippen LogP contribution in [0.5, 0.6) is 0 Å². The lowest BCUT2D eigenvalue weighted by Crippen LogP contribution is -2.41. The van der Waals surface area contributed by atoms with Gasteiger partial charge in [-0.25, -0.2) is 4.99 Å². The number of likely N-dealkylation sites (tertiary alicyclic amines) is 1. The second-order valence-corrected chi connectivity index (χ2v) is 8.87. The third-order valence-corrected chi connectivity index (χ3v) is 6.61. The first-order valence-electron chi connectivity index (χ1n) is 11.0. The van der Waals surface area contributed by atoms with Crippen molar-refractivity contribution in [1.82, 2.24) is 20.1 Å². The summed E-state index contributed by atoms with van der Waals surface area (Å²) in [5.41, 5.74) is 0.996. The fraction of sp³-hybridized carbons (Fsp3) is 0.458. The van der Waals surface area contributed by atoms with Crippen LogP contribution in [0.1, 0.15) is 19.0 Å². The minimum atomic E-state index is 0. The lowest BCUT2D eigenvalue weighted by atomic mass is 10.2. The number of aliphatic imine (C=N–C) groups is 1. The van der Waals surface area contributed by atoms with E-state index in [1.807, 2.05) is 37.0 Å². The molecular formula is C24H34IN5OS. The van der Waals surface area contributed by atoms with E-state index >= 15 is 0 Å². The van der Waals surface area contributed by atoms with Gasteiger partial charge in [-0.05, 0) is 43.5 Å². The van der Waals surface area contributed by atoms with Gasteiger partial charge < -0.3 is 15.1 Å². The van der Waals surface area contributed by atoms with Gasteiger partial charge in [0.05, 0.1) is 0 Å². The summed E-state index contributed by atoms with van der Waals surface area (Å²) in [6.45, 7) is 5.63. The zero-order chi connectivity index (χ0) is 21.9. The van der Waals surface area contributed by atoms with Gasteiger partial charge in [0.1, 0.15) is 6.54 Å². The molecule has 1 aromatic carbocycles. The molecule has 2 aromatic rings. The van der Waals surface area contributed by atoms with E-state index < -0.39 is 0 Å². The maximum absolute atomic E-state index is 12.6. The number of amides is 1. The van der Waals surface area contributed by atoms with Crippen molar-refractivity contribution in [3.05, 3.63) is 60.4 Å².